The molecule has 0 fully saturated rings. The maximum absolute atomic E-state index is 8.25. The maximum atomic E-state index is 8.25. The molecule has 0 aliphatic heterocycles. The van der Waals surface area contributed by atoms with Crippen LogP contribution in [0.5, 0.6) is 0 Å². The summed E-state index contributed by atoms with van der Waals surface area (Å²) < 4.78 is 0. The Balaban J connectivity index is -0.0000000250. The van der Waals surface area contributed by atoms with E-state index >= 15 is 0 Å². The van der Waals surface area contributed by atoms with Gasteiger partial charge in [0.15, 0.2) is 0 Å². The van der Waals surface area contributed by atoms with Crippen molar-refractivity contribution in [3.8, 4) is 0 Å². The fraction of sp³-hybridized carbons (Fsp3) is 0. The second-order valence-electron chi connectivity index (χ2n) is 1.12. The van der Waals surface area contributed by atoms with Crippen molar-refractivity contribution in [2.24, 2.45) is 0 Å². The number of hydrogen-bond donors (Lipinski definition) is 0. The van der Waals surface area contributed by atoms with Crippen LogP contribution in [0.4, 0.5) is 0 Å². The molecular weight excluding hydrogens is 603 g/mol. The van der Waals surface area contributed by atoms with Crippen molar-refractivity contribution in [1.82, 2.24) is 0 Å². The molecule has 0 aliphatic rings. The van der Waals surface area contributed by atoms with Gasteiger partial charge < -0.3 is 76.6 Å². The van der Waals surface area contributed by atoms with Crippen molar-refractivity contribution < 1.29 is 116 Å². The zero-order chi connectivity index (χ0) is 17.9. The van der Waals surface area contributed by atoms with Gasteiger partial charge in [0.2, 0.25) is 0 Å². The van der Waals surface area contributed by atoms with Crippen LogP contribution in [0.3, 0.4) is 0 Å². The fourth-order valence-electron chi connectivity index (χ4n) is 0. The molecule has 0 aromatic carbocycles. The topological polar surface area (TPSA) is 331 Å². The smallest absolute Gasteiger partial charge is 0.356 e. The van der Waals surface area contributed by atoms with E-state index in [1.165, 1.54) is 0 Å². The Kier molecular flexibility index (Phi) is 71.7. The van der Waals surface area contributed by atoms with Crippen LogP contribution in [0.2, 0.25) is 0 Å². The zero-order valence-corrected chi connectivity index (χ0v) is 15.4. The van der Waals surface area contributed by atoms with Crippen LogP contribution in [-0.2, 0) is 0 Å². The molecule has 0 unspecified atom stereocenters. The molecular formula is EuN5O15Pr. The van der Waals surface area contributed by atoms with Crippen LogP contribution in [-0.4, -0.2) is 25.4 Å². The molecule has 0 atom stereocenters. The summed E-state index contributed by atoms with van der Waals surface area (Å²) in [4.78, 5) is 41.2. The predicted octanol–water partition coefficient (Wildman–Crippen LogP) is -1.20. The molecule has 0 N–H and O–H groups in total. The Morgan fingerprint density at radius 1 is 0.364 bits per heavy atom. The Bertz CT molecular complexity index is 213. The van der Waals surface area contributed by atoms with E-state index in [-0.39, 0.29) is 90.7 Å². The molecule has 22 heavy (non-hydrogen) atoms. The van der Waals surface area contributed by atoms with Crippen LogP contribution in [0.15, 0.2) is 0 Å². The monoisotopic (exact) mass is 604 g/mol. The van der Waals surface area contributed by atoms with Gasteiger partial charge in [-0.25, -0.2) is 0 Å². The van der Waals surface area contributed by atoms with E-state index in [0.717, 1.165) is 0 Å². The van der Waals surface area contributed by atoms with Crippen LogP contribution >= 0.6 is 0 Å². The molecule has 0 rings (SSSR count). The van der Waals surface area contributed by atoms with Gasteiger partial charge in [-0.2, -0.15) is 0 Å². The molecule has 0 aromatic heterocycles. The normalized spacial score (nSPS) is 5.45. The minimum absolute atomic E-state index is 0. The summed E-state index contributed by atoms with van der Waals surface area (Å²) in [5.41, 5.74) is 0. The van der Waals surface area contributed by atoms with Gasteiger partial charge >= 0.3 is 90.7 Å². The van der Waals surface area contributed by atoms with Gasteiger partial charge in [-0.05, 0) is 0 Å². The summed E-state index contributed by atoms with van der Waals surface area (Å²) in [6, 6.07) is 0. The third kappa shape index (κ3) is 5520. The van der Waals surface area contributed by atoms with Crippen LogP contribution in [0, 0.1) is 167 Å². The molecule has 0 saturated carbocycles. The van der Waals surface area contributed by atoms with Crippen molar-refractivity contribution in [2.45, 2.75) is 0 Å². The Labute approximate surface area is 190 Å². The van der Waals surface area contributed by atoms with E-state index in [9.17, 15) is 0 Å². The largest absolute Gasteiger partial charge is 3.00 e. The molecule has 0 aromatic rings. The third-order valence-electron chi connectivity index (χ3n) is 0. The first-order valence-electron chi connectivity index (χ1n) is 2.74. The van der Waals surface area contributed by atoms with Gasteiger partial charge in [0.25, 0.3) is 0 Å². The molecule has 0 heterocycles. The Morgan fingerprint density at radius 2 is 0.364 bits per heavy atom. The van der Waals surface area contributed by atoms with Gasteiger partial charge in [-0.15, -0.1) is 0 Å². The van der Waals surface area contributed by atoms with Gasteiger partial charge in [0.1, 0.15) is 0 Å². The van der Waals surface area contributed by atoms with E-state index < -0.39 is 25.4 Å². The first kappa shape index (κ1) is 42.8. The van der Waals surface area contributed by atoms with Crippen LogP contribution < -0.4 is 0 Å². The molecule has 0 bridgehead atoms. The van der Waals surface area contributed by atoms with Crippen molar-refractivity contribution >= 4 is 0 Å². The van der Waals surface area contributed by atoms with Gasteiger partial charge in [0.05, 0.1) is 25.4 Å². The second kappa shape index (κ2) is 36.8. The average molecular weight is 603 g/mol. The zero-order valence-electron chi connectivity index (χ0n) is 9.32. The molecule has 0 spiro atoms. The van der Waals surface area contributed by atoms with E-state index in [1.807, 2.05) is 0 Å². The minimum Gasteiger partial charge on any atom is -0.356 e. The number of nitrogens with zero attached hydrogens (tertiary/aromatic N) is 5. The maximum Gasteiger partial charge on any atom is 3.00 e. The van der Waals surface area contributed by atoms with Gasteiger partial charge in [0, 0.05) is 0 Å². The SMILES string of the molecule is O=[N+]([O-])[O-].O=[N+]([O-])[O-].O=[N+]([O-])[O-].O=[N+]([O-])[O-].O=[N+]([O-])[O-].[Eu+2].[Pr+3]. The van der Waals surface area contributed by atoms with E-state index in [4.69, 9.17) is 76.6 Å². The van der Waals surface area contributed by atoms with Crippen molar-refractivity contribution in [3.63, 3.8) is 0 Å². The first-order chi connectivity index (χ1) is 8.66. The van der Waals surface area contributed by atoms with Gasteiger partial charge in [-0.1, -0.05) is 0 Å². The molecule has 0 saturated heterocycles. The minimum atomic E-state index is -1.75. The molecule has 22 heteroatoms. The summed E-state index contributed by atoms with van der Waals surface area (Å²) in [7, 11) is 0. The fourth-order valence-corrected chi connectivity index (χ4v) is 0. The quantitative estimate of drug-likeness (QED) is 0.232. The van der Waals surface area contributed by atoms with Crippen LogP contribution in [0.1, 0.15) is 0 Å². The first-order valence-corrected chi connectivity index (χ1v) is 2.74. The van der Waals surface area contributed by atoms with E-state index in [0.29, 0.717) is 0 Å². The average Bonchev–Trinajstić information content (AvgIpc) is 1.94. The van der Waals surface area contributed by atoms with E-state index in [1.54, 1.807) is 0 Å². The number of rotatable bonds is 0. The second-order valence-corrected chi connectivity index (χ2v) is 1.12. The summed E-state index contributed by atoms with van der Waals surface area (Å²) in [5.74, 6) is 0. The van der Waals surface area contributed by atoms with Gasteiger partial charge in [-0.3, -0.25) is 0 Å². The molecule has 1 radical (unpaired) electrons. The van der Waals surface area contributed by atoms with Crippen molar-refractivity contribution in [1.29, 1.82) is 0 Å². The van der Waals surface area contributed by atoms with Crippen LogP contribution in [0.25, 0.3) is 0 Å². The summed E-state index contributed by atoms with van der Waals surface area (Å²) in [5, 5.41) is 73.8. The summed E-state index contributed by atoms with van der Waals surface area (Å²) in [6.07, 6.45) is 0. The van der Waals surface area contributed by atoms with Crippen molar-refractivity contribution in [3.05, 3.63) is 76.6 Å². The van der Waals surface area contributed by atoms with Crippen molar-refractivity contribution in [2.75, 3.05) is 0 Å². The summed E-state index contributed by atoms with van der Waals surface area (Å²) in [6.45, 7) is 0. The standard InChI is InChI=1S/Eu.5NO3.Pr/c;5*2-1(3)4;/q+2;5*-1;+3. The Morgan fingerprint density at radius 3 is 0.364 bits per heavy atom. The Hall–Kier alpha value is -1.05. The predicted molar refractivity (Wildman–Crippen MR) is 51.8 cm³/mol. The molecule has 0 amide bonds. The molecule has 125 valence electrons. The van der Waals surface area contributed by atoms with E-state index in [2.05, 4.69) is 0 Å². The third-order valence-corrected chi connectivity index (χ3v) is 0. The summed E-state index contributed by atoms with van der Waals surface area (Å²) >= 11 is 0. The molecule has 0 aliphatic carbocycles. The number of hydrogen-bond acceptors (Lipinski definition) is 15. The molecule has 20 nitrogen and oxygen atoms in total.